The van der Waals surface area contributed by atoms with Gasteiger partial charge in [0.05, 0.1) is 14.2 Å². The summed E-state index contributed by atoms with van der Waals surface area (Å²) in [5.41, 5.74) is 0. The van der Waals surface area contributed by atoms with E-state index < -0.39 is 39.1 Å². The molecule has 0 spiro atoms. The molecule has 0 heterocycles. The summed E-state index contributed by atoms with van der Waals surface area (Å²) >= 11 is 0. The van der Waals surface area contributed by atoms with Crippen molar-refractivity contribution in [1.29, 1.82) is 0 Å². The van der Waals surface area contributed by atoms with E-state index in [0.717, 1.165) is 0 Å². The van der Waals surface area contributed by atoms with Crippen LogP contribution in [0.4, 0.5) is 0 Å². The molecule has 0 aromatic carbocycles. The van der Waals surface area contributed by atoms with E-state index >= 15 is 0 Å². The number of nitrogens with zero attached hydrogens (tertiary/aromatic N) is 2. The summed E-state index contributed by atoms with van der Waals surface area (Å²) in [6.07, 6.45) is 2.95. The Bertz CT molecular complexity index is 679. The number of carbonyl (C=O) groups excluding carboxylic acids is 2. The monoisotopic (exact) mass is 480 g/mol. The van der Waals surface area contributed by atoms with Gasteiger partial charge in [0.2, 0.25) is 0 Å². The maximum Gasteiger partial charge on any atom is 0.323 e. The van der Waals surface area contributed by atoms with Crippen molar-refractivity contribution in [3.63, 3.8) is 0 Å². The average Bonchev–Trinajstić information content (AvgIpc) is 2.65. The van der Waals surface area contributed by atoms with Gasteiger partial charge in [0.1, 0.15) is 12.1 Å². The molecule has 0 saturated carbocycles. The van der Waals surface area contributed by atoms with Crippen LogP contribution < -0.4 is 0 Å². The molecule has 31 heavy (non-hydrogen) atoms. The van der Waals surface area contributed by atoms with Crippen LogP contribution >= 0.6 is 15.0 Å². The Morgan fingerprint density at radius 3 is 1.29 bits per heavy atom. The molecule has 0 aliphatic rings. The van der Waals surface area contributed by atoms with E-state index in [0.29, 0.717) is 0 Å². The van der Waals surface area contributed by atoms with E-state index in [4.69, 9.17) is 13.8 Å². The molecule has 0 N–H and O–H groups in total. The quantitative estimate of drug-likeness (QED) is 0.207. The molecule has 4 atom stereocenters. The third-order valence-corrected chi connectivity index (χ3v) is 9.77. The predicted octanol–water partition coefficient (Wildman–Crippen LogP) is 4.02. The molecule has 180 valence electrons. The van der Waals surface area contributed by atoms with Crippen molar-refractivity contribution >= 4 is 27.0 Å². The average molecular weight is 480 g/mol. The molecule has 0 rings (SSSR count). The van der Waals surface area contributed by atoms with Gasteiger partial charge in [-0.2, -0.15) is 0 Å². The Balaban J connectivity index is 6.32. The Hall–Kier alpha value is -1.24. The van der Waals surface area contributed by atoms with Crippen molar-refractivity contribution in [2.24, 2.45) is 11.8 Å². The molecule has 0 aliphatic heterocycles. The van der Waals surface area contributed by atoms with Crippen LogP contribution in [0.2, 0.25) is 0 Å². The molecule has 3 unspecified atom stereocenters. The maximum atomic E-state index is 13.7. The summed E-state index contributed by atoms with van der Waals surface area (Å²) in [4.78, 5) is 24.8. The lowest BCUT2D eigenvalue weighted by Crippen LogP contribution is -2.45. The Labute approximate surface area is 186 Å². The lowest BCUT2D eigenvalue weighted by atomic mass is 10.0. The minimum atomic E-state index is -3.83. The molecule has 0 radical (unpaired) electrons. The van der Waals surface area contributed by atoms with Crippen LogP contribution in [0.3, 0.4) is 0 Å². The summed E-state index contributed by atoms with van der Waals surface area (Å²) in [7, 11) is -5.18. The summed E-state index contributed by atoms with van der Waals surface area (Å²) in [5, 5.41) is 0. The molecule has 0 saturated heterocycles. The van der Waals surface area contributed by atoms with Crippen LogP contribution in [0.15, 0.2) is 25.3 Å². The zero-order valence-corrected chi connectivity index (χ0v) is 21.7. The standard InChI is InChI=1S/C20H38N2O7P2/c1-11-13-21(17(15(3)4)19(23)27-7)30(9,25)29-31(10,26)22(14-12-2)18(16(5)6)20(24)28-8/h11-12,15-18H,1-2,13-14H2,3-10H3/t17-,18?,30?,31?/m0/s1. The minimum absolute atomic E-state index is 0.0395. The van der Waals surface area contributed by atoms with Crippen molar-refractivity contribution in [2.75, 3.05) is 40.6 Å². The third kappa shape index (κ3) is 7.99. The number of rotatable bonds is 14. The number of carbonyl (C=O) groups is 2. The lowest BCUT2D eigenvalue weighted by molar-refractivity contribution is -0.147. The molecular weight excluding hydrogens is 442 g/mol. The van der Waals surface area contributed by atoms with Crippen molar-refractivity contribution < 1.29 is 32.5 Å². The molecule has 11 heteroatoms. The van der Waals surface area contributed by atoms with Gasteiger partial charge in [-0.3, -0.25) is 18.7 Å². The highest BCUT2D eigenvalue weighted by molar-refractivity contribution is 7.69. The highest BCUT2D eigenvalue weighted by atomic mass is 31.2. The van der Waals surface area contributed by atoms with E-state index in [9.17, 15) is 18.7 Å². The first kappa shape index (κ1) is 29.8. The van der Waals surface area contributed by atoms with Gasteiger partial charge in [0, 0.05) is 26.4 Å². The van der Waals surface area contributed by atoms with E-state index in [1.807, 2.05) is 0 Å². The normalized spacial score (nSPS) is 17.7. The SMILES string of the molecule is C=CCN(C(C(=O)OC)C(C)C)P(C)(=O)OP(C)(=O)N(CC=C)[C@H](C(=O)OC)C(C)C. The third-order valence-electron chi connectivity index (χ3n) is 4.66. The van der Waals surface area contributed by atoms with Crippen LogP contribution in [-0.2, 0) is 32.5 Å². The predicted molar refractivity (Wildman–Crippen MR) is 123 cm³/mol. The first-order valence-corrected chi connectivity index (χ1v) is 14.0. The van der Waals surface area contributed by atoms with Gasteiger partial charge in [-0.05, 0) is 11.8 Å². The van der Waals surface area contributed by atoms with E-state index in [1.54, 1.807) is 27.7 Å². The van der Waals surface area contributed by atoms with E-state index in [2.05, 4.69) is 13.2 Å². The van der Waals surface area contributed by atoms with Crippen LogP contribution in [0.5, 0.6) is 0 Å². The summed E-state index contributed by atoms with van der Waals surface area (Å²) in [6, 6.07) is -1.82. The number of ether oxygens (including phenoxy) is 2. The Morgan fingerprint density at radius 1 is 0.806 bits per heavy atom. The molecule has 9 nitrogen and oxygen atoms in total. The fourth-order valence-corrected chi connectivity index (χ4v) is 8.78. The van der Waals surface area contributed by atoms with Crippen molar-refractivity contribution in [2.45, 2.75) is 39.8 Å². The minimum Gasteiger partial charge on any atom is -0.468 e. The fraction of sp³-hybridized carbons (Fsp3) is 0.700. The molecular formula is C20H38N2O7P2. The Kier molecular flexibility index (Phi) is 12.2. The van der Waals surface area contributed by atoms with E-state index in [1.165, 1.54) is 49.0 Å². The highest BCUT2D eigenvalue weighted by Gasteiger charge is 2.46. The number of hydrogen-bond donors (Lipinski definition) is 0. The van der Waals surface area contributed by atoms with Crippen molar-refractivity contribution in [1.82, 2.24) is 9.34 Å². The second kappa shape index (κ2) is 12.7. The smallest absolute Gasteiger partial charge is 0.323 e. The van der Waals surface area contributed by atoms with Gasteiger partial charge >= 0.3 is 11.9 Å². The summed E-state index contributed by atoms with van der Waals surface area (Å²) in [6.45, 7) is 17.1. The Morgan fingerprint density at radius 2 is 1.10 bits per heavy atom. The summed E-state index contributed by atoms with van der Waals surface area (Å²) in [5.74, 6) is -1.73. The topological polar surface area (TPSA) is 102 Å². The van der Waals surface area contributed by atoms with Crippen LogP contribution in [0, 0.1) is 11.8 Å². The number of methoxy groups -OCH3 is 2. The first-order valence-electron chi connectivity index (χ1n) is 9.99. The van der Waals surface area contributed by atoms with Gasteiger partial charge in [-0.15, -0.1) is 13.2 Å². The zero-order valence-electron chi connectivity index (χ0n) is 19.9. The maximum absolute atomic E-state index is 13.7. The highest BCUT2D eigenvalue weighted by Crippen LogP contribution is 2.65. The van der Waals surface area contributed by atoms with Gasteiger partial charge < -0.3 is 9.47 Å². The van der Waals surface area contributed by atoms with Gasteiger partial charge in [0.15, 0.2) is 0 Å². The van der Waals surface area contributed by atoms with E-state index in [-0.39, 0.29) is 24.9 Å². The first-order chi connectivity index (χ1) is 14.2. The number of esters is 2. The lowest BCUT2D eigenvalue weighted by Gasteiger charge is -2.40. The molecule has 0 aliphatic carbocycles. The fourth-order valence-electron chi connectivity index (χ4n) is 3.33. The molecule has 0 bridgehead atoms. The second-order valence-electron chi connectivity index (χ2n) is 7.93. The van der Waals surface area contributed by atoms with Crippen molar-refractivity contribution in [3.8, 4) is 0 Å². The molecule has 0 aromatic rings. The van der Waals surface area contributed by atoms with Crippen LogP contribution in [0.1, 0.15) is 27.7 Å². The van der Waals surface area contributed by atoms with Crippen molar-refractivity contribution in [3.05, 3.63) is 25.3 Å². The molecule has 0 amide bonds. The largest absolute Gasteiger partial charge is 0.468 e. The van der Waals surface area contributed by atoms with Gasteiger partial charge in [-0.1, -0.05) is 39.8 Å². The molecule has 0 fully saturated rings. The van der Waals surface area contributed by atoms with Gasteiger partial charge in [-0.25, -0.2) is 13.7 Å². The number of hydrogen-bond acceptors (Lipinski definition) is 7. The zero-order chi connectivity index (χ0) is 24.6. The van der Waals surface area contributed by atoms with Crippen LogP contribution in [-0.4, -0.2) is 74.0 Å². The molecule has 0 aromatic heterocycles. The van der Waals surface area contributed by atoms with Crippen LogP contribution in [0.25, 0.3) is 0 Å². The second-order valence-corrected chi connectivity index (χ2v) is 12.8. The summed E-state index contributed by atoms with van der Waals surface area (Å²) < 4.78 is 45.6. The van der Waals surface area contributed by atoms with Gasteiger partial charge in [0.25, 0.3) is 15.0 Å².